The van der Waals surface area contributed by atoms with E-state index in [9.17, 15) is 4.79 Å². The molecule has 1 aromatic carbocycles. The van der Waals surface area contributed by atoms with Crippen molar-refractivity contribution in [1.82, 2.24) is 4.57 Å². The molecular formula is C13H11Cl2NO. The van der Waals surface area contributed by atoms with E-state index in [1.54, 1.807) is 22.9 Å². The van der Waals surface area contributed by atoms with Gasteiger partial charge in [0, 0.05) is 23.3 Å². The van der Waals surface area contributed by atoms with Crippen LogP contribution in [0.5, 0.6) is 0 Å². The number of carbonyl (C=O) groups excluding carboxylic acids is 1. The van der Waals surface area contributed by atoms with E-state index in [4.69, 9.17) is 23.2 Å². The number of nitrogens with zero attached hydrogens (tertiary/aromatic N) is 1. The molecule has 2 aromatic rings. The molecule has 0 amide bonds. The molecule has 0 N–H and O–H groups in total. The third-order valence-corrected chi connectivity index (χ3v) is 3.14. The standard InChI is InChI=1S/C13H11Cl2NO/c14-8-11-6-7-16(12(11)9-15)13(17)10-4-2-1-3-5-10/h1-7H,8-9H2. The maximum atomic E-state index is 12.2. The van der Waals surface area contributed by atoms with E-state index in [1.807, 2.05) is 24.3 Å². The van der Waals surface area contributed by atoms with Gasteiger partial charge in [0.1, 0.15) is 0 Å². The predicted octanol–water partition coefficient (Wildman–Crippen LogP) is 3.65. The van der Waals surface area contributed by atoms with Crippen molar-refractivity contribution in [2.24, 2.45) is 0 Å². The van der Waals surface area contributed by atoms with Crippen LogP contribution < -0.4 is 0 Å². The molecule has 2 nitrogen and oxygen atoms in total. The van der Waals surface area contributed by atoms with E-state index < -0.39 is 0 Å². The Balaban J connectivity index is 2.41. The molecule has 2 rings (SSSR count). The number of rotatable bonds is 3. The highest BCUT2D eigenvalue weighted by Gasteiger charge is 2.14. The van der Waals surface area contributed by atoms with Gasteiger partial charge in [0.25, 0.3) is 5.91 Å². The number of hydrogen-bond acceptors (Lipinski definition) is 1. The van der Waals surface area contributed by atoms with Crippen LogP contribution in [0.3, 0.4) is 0 Å². The maximum absolute atomic E-state index is 12.2. The zero-order chi connectivity index (χ0) is 12.3. The first-order chi connectivity index (χ1) is 8.27. The van der Waals surface area contributed by atoms with Gasteiger partial charge < -0.3 is 0 Å². The Bertz CT molecular complexity index is 519. The monoisotopic (exact) mass is 267 g/mol. The van der Waals surface area contributed by atoms with Crippen LogP contribution in [0.2, 0.25) is 0 Å². The fraction of sp³-hybridized carbons (Fsp3) is 0.154. The lowest BCUT2D eigenvalue weighted by atomic mass is 10.2. The van der Waals surface area contributed by atoms with Gasteiger partial charge in [0.05, 0.1) is 5.88 Å². The molecule has 0 unspecified atom stereocenters. The molecule has 0 aliphatic heterocycles. The molecule has 88 valence electrons. The van der Waals surface area contributed by atoms with E-state index in [-0.39, 0.29) is 11.8 Å². The summed E-state index contributed by atoms with van der Waals surface area (Å²) in [5.74, 6) is 0.544. The highest BCUT2D eigenvalue weighted by atomic mass is 35.5. The minimum absolute atomic E-state index is 0.0855. The predicted molar refractivity (Wildman–Crippen MR) is 69.7 cm³/mol. The molecule has 0 radical (unpaired) electrons. The number of benzene rings is 1. The average molecular weight is 268 g/mol. The van der Waals surface area contributed by atoms with Gasteiger partial charge in [-0.15, -0.1) is 23.2 Å². The number of alkyl halides is 2. The molecule has 0 atom stereocenters. The Morgan fingerprint density at radius 3 is 2.35 bits per heavy atom. The van der Waals surface area contributed by atoms with E-state index in [0.29, 0.717) is 11.4 Å². The second-order valence-electron chi connectivity index (χ2n) is 3.60. The third kappa shape index (κ3) is 2.38. The van der Waals surface area contributed by atoms with Crippen molar-refractivity contribution < 1.29 is 4.79 Å². The third-order valence-electron chi connectivity index (χ3n) is 2.60. The van der Waals surface area contributed by atoms with Crippen molar-refractivity contribution in [3.8, 4) is 0 Å². The van der Waals surface area contributed by atoms with E-state index in [2.05, 4.69) is 0 Å². The van der Waals surface area contributed by atoms with Crippen molar-refractivity contribution in [3.63, 3.8) is 0 Å². The molecule has 0 fully saturated rings. The second kappa shape index (κ2) is 5.39. The van der Waals surface area contributed by atoms with E-state index >= 15 is 0 Å². The van der Waals surface area contributed by atoms with Gasteiger partial charge in [-0.05, 0) is 23.8 Å². The number of carbonyl (C=O) groups is 1. The van der Waals surface area contributed by atoms with Gasteiger partial charge >= 0.3 is 0 Å². The molecule has 0 aliphatic carbocycles. The highest BCUT2D eigenvalue weighted by molar-refractivity contribution is 6.19. The molecule has 1 heterocycles. The van der Waals surface area contributed by atoms with Crippen LogP contribution in [0.25, 0.3) is 0 Å². The summed E-state index contributed by atoms with van der Waals surface area (Å²) in [5.41, 5.74) is 2.29. The maximum Gasteiger partial charge on any atom is 0.262 e. The van der Waals surface area contributed by atoms with Gasteiger partial charge in [-0.3, -0.25) is 9.36 Å². The van der Waals surface area contributed by atoms with Crippen LogP contribution in [-0.2, 0) is 11.8 Å². The van der Waals surface area contributed by atoms with Crippen LogP contribution in [0.15, 0.2) is 42.6 Å². The smallest absolute Gasteiger partial charge is 0.262 e. The molecule has 0 aliphatic rings. The van der Waals surface area contributed by atoms with E-state index in [1.165, 1.54) is 0 Å². The fourth-order valence-corrected chi connectivity index (χ4v) is 2.23. The molecule has 17 heavy (non-hydrogen) atoms. The van der Waals surface area contributed by atoms with Gasteiger partial charge in [-0.25, -0.2) is 0 Å². The zero-order valence-corrected chi connectivity index (χ0v) is 10.6. The molecule has 0 bridgehead atoms. The molecule has 1 aromatic heterocycles. The van der Waals surface area contributed by atoms with Crippen molar-refractivity contribution >= 4 is 29.1 Å². The summed E-state index contributed by atoms with van der Waals surface area (Å²) in [4.78, 5) is 12.2. The topological polar surface area (TPSA) is 22.0 Å². The normalized spacial score (nSPS) is 10.5. The highest BCUT2D eigenvalue weighted by Crippen LogP contribution is 2.17. The van der Waals surface area contributed by atoms with Gasteiger partial charge in [0.2, 0.25) is 0 Å². The number of hydrogen-bond donors (Lipinski definition) is 0. The van der Waals surface area contributed by atoms with Crippen molar-refractivity contribution in [2.75, 3.05) is 0 Å². The van der Waals surface area contributed by atoms with Gasteiger partial charge in [-0.2, -0.15) is 0 Å². The average Bonchev–Trinajstić information content (AvgIpc) is 2.81. The first kappa shape index (κ1) is 12.2. The van der Waals surface area contributed by atoms with Crippen molar-refractivity contribution in [2.45, 2.75) is 11.8 Å². The van der Waals surface area contributed by atoms with E-state index in [0.717, 1.165) is 11.3 Å². The van der Waals surface area contributed by atoms with Crippen LogP contribution in [-0.4, -0.2) is 10.5 Å². The first-order valence-corrected chi connectivity index (χ1v) is 6.25. The summed E-state index contributed by atoms with van der Waals surface area (Å²) in [5, 5.41) is 0. The summed E-state index contributed by atoms with van der Waals surface area (Å²) < 4.78 is 1.56. The zero-order valence-electron chi connectivity index (χ0n) is 9.07. The van der Waals surface area contributed by atoms with Crippen molar-refractivity contribution in [3.05, 3.63) is 59.4 Å². The Labute approximate surface area is 110 Å². The quantitative estimate of drug-likeness (QED) is 0.779. The number of halogens is 2. The summed E-state index contributed by atoms with van der Waals surface area (Å²) in [6.07, 6.45) is 1.71. The SMILES string of the molecule is O=C(c1ccccc1)n1ccc(CCl)c1CCl. The van der Waals surface area contributed by atoms with Crippen LogP contribution in [0, 0.1) is 0 Å². The molecule has 0 saturated heterocycles. The summed E-state index contributed by atoms with van der Waals surface area (Å²) in [6.45, 7) is 0. The lowest BCUT2D eigenvalue weighted by Gasteiger charge is -2.07. The first-order valence-electron chi connectivity index (χ1n) is 5.18. The summed E-state index contributed by atoms with van der Waals surface area (Å²) in [7, 11) is 0. The Kier molecular flexibility index (Phi) is 3.87. The van der Waals surface area contributed by atoms with Gasteiger partial charge in [-0.1, -0.05) is 18.2 Å². The molecule has 4 heteroatoms. The van der Waals surface area contributed by atoms with Crippen molar-refractivity contribution in [1.29, 1.82) is 0 Å². The molecule has 0 saturated carbocycles. The molecule has 0 spiro atoms. The minimum Gasteiger partial charge on any atom is -0.286 e. The lowest BCUT2D eigenvalue weighted by Crippen LogP contribution is -2.13. The lowest BCUT2D eigenvalue weighted by molar-refractivity contribution is 0.0958. The Morgan fingerprint density at radius 2 is 1.76 bits per heavy atom. The number of aromatic nitrogens is 1. The Hall–Kier alpha value is -1.25. The van der Waals surface area contributed by atoms with Crippen LogP contribution >= 0.6 is 23.2 Å². The largest absolute Gasteiger partial charge is 0.286 e. The van der Waals surface area contributed by atoms with Gasteiger partial charge in [0.15, 0.2) is 0 Å². The fourth-order valence-electron chi connectivity index (χ4n) is 1.69. The Morgan fingerprint density at radius 1 is 1.06 bits per heavy atom. The molecular weight excluding hydrogens is 257 g/mol. The van der Waals surface area contributed by atoms with Crippen LogP contribution in [0.4, 0.5) is 0 Å². The second-order valence-corrected chi connectivity index (χ2v) is 4.13. The summed E-state index contributed by atoms with van der Waals surface area (Å²) >= 11 is 11.6. The summed E-state index contributed by atoms with van der Waals surface area (Å²) in [6, 6.07) is 10.9. The minimum atomic E-state index is -0.0855. The van der Waals surface area contributed by atoms with Crippen LogP contribution in [0.1, 0.15) is 21.6 Å².